The Morgan fingerprint density at radius 2 is 2.00 bits per heavy atom. The van der Waals surface area contributed by atoms with Crippen LogP contribution in [0.4, 0.5) is 0 Å². The first-order chi connectivity index (χ1) is 7.21. The summed E-state index contributed by atoms with van der Waals surface area (Å²) in [7, 11) is 0. The van der Waals surface area contributed by atoms with Gasteiger partial charge in [0.2, 0.25) is 0 Å². The molecule has 1 aliphatic rings. The molecule has 0 aliphatic heterocycles. The average Bonchev–Trinajstić information content (AvgIpc) is 2.31. The lowest BCUT2D eigenvalue weighted by molar-refractivity contribution is -0.0252. The Balaban J connectivity index is 2.18. The van der Waals surface area contributed by atoms with Gasteiger partial charge in [-0.25, -0.2) is 0 Å². The molecule has 1 aromatic heterocycles. The lowest BCUT2D eigenvalue weighted by Gasteiger charge is -2.35. The summed E-state index contributed by atoms with van der Waals surface area (Å²) < 4.78 is 0. The van der Waals surface area contributed by atoms with Gasteiger partial charge in [0.05, 0.1) is 5.69 Å². The van der Waals surface area contributed by atoms with Crippen molar-refractivity contribution in [2.45, 2.75) is 44.6 Å². The minimum absolute atomic E-state index is 0.376. The third-order valence-electron chi connectivity index (χ3n) is 3.58. The van der Waals surface area contributed by atoms with Crippen LogP contribution in [0, 0.1) is 5.92 Å². The molecule has 1 N–H and O–H groups in total. The zero-order valence-corrected chi connectivity index (χ0v) is 9.32. The molecule has 15 heavy (non-hydrogen) atoms. The molecule has 0 saturated heterocycles. The maximum Gasteiger partial charge on any atom is 0.106 e. The Labute approximate surface area is 91.4 Å². The van der Waals surface area contributed by atoms with Crippen LogP contribution >= 0.6 is 0 Å². The van der Waals surface area contributed by atoms with Gasteiger partial charge in [-0.2, -0.15) is 0 Å². The SMILES string of the molecule is CC(O)(c1ccccn1)C1CCCCC1. The van der Waals surface area contributed by atoms with Crippen LogP contribution < -0.4 is 0 Å². The number of rotatable bonds is 2. The molecule has 0 spiro atoms. The van der Waals surface area contributed by atoms with Crippen LogP contribution in [0.1, 0.15) is 44.7 Å². The van der Waals surface area contributed by atoms with Crippen molar-refractivity contribution < 1.29 is 5.11 Å². The van der Waals surface area contributed by atoms with E-state index < -0.39 is 5.60 Å². The molecule has 1 saturated carbocycles. The summed E-state index contributed by atoms with van der Waals surface area (Å²) in [6, 6.07) is 5.76. The van der Waals surface area contributed by atoms with Crippen LogP contribution in [0.3, 0.4) is 0 Å². The zero-order valence-electron chi connectivity index (χ0n) is 9.32. The summed E-state index contributed by atoms with van der Waals surface area (Å²) in [5, 5.41) is 10.5. The largest absolute Gasteiger partial charge is 0.384 e. The number of nitrogens with zero attached hydrogens (tertiary/aromatic N) is 1. The molecule has 0 amide bonds. The Morgan fingerprint density at radius 3 is 2.60 bits per heavy atom. The Bertz CT molecular complexity index is 302. The molecular formula is C13H19NO. The van der Waals surface area contributed by atoms with Gasteiger partial charge in [0.1, 0.15) is 5.60 Å². The number of hydrogen-bond acceptors (Lipinski definition) is 2. The van der Waals surface area contributed by atoms with Crippen LogP contribution in [0.25, 0.3) is 0 Å². The molecule has 1 atom stereocenters. The maximum atomic E-state index is 10.5. The van der Waals surface area contributed by atoms with Crippen LogP contribution in [0.5, 0.6) is 0 Å². The lowest BCUT2D eigenvalue weighted by Crippen LogP contribution is -2.34. The summed E-state index contributed by atoms with van der Waals surface area (Å²) in [4.78, 5) is 4.28. The first-order valence-electron chi connectivity index (χ1n) is 5.85. The van der Waals surface area contributed by atoms with Crippen molar-refractivity contribution in [1.82, 2.24) is 4.98 Å². The second kappa shape index (κ2) is 4.31. The maximum absolute atomic E-state index is 10.5. The average molecular weight is 205 g/mol. The highest BCUT2D eigenvalue weighted by molar-refractivity contribution is 5.13. The van der Waals surface area contributed by atoms with E-state index in [0.29, 0.717) is 5.92 Å². The minimum atomic E-state index is -0.748. The fourth-order valence-corrected chi connectivity index (χ4v) is 2.54. The van der Waals surface area contributed by atoms with Gasteiger partial charge in [-0.1, -0.05) is 25.3 Å². The van der Waals surface area contributed by atoms with E-state index in [9.17, 15) is 5.11 Å². The molecule has 1 fully saturated rings. The first kappa shape index (κ1) is 10.6. The van der Waals surface area contributed by atoms with Crippen molar-refractivity contribution >= 4 is 0 Å². The molecule has 0 bridgehead atoms. The fourth-order valence-electron chi connectivity index (χ4n) is 2.54. The van der Waals surface area contributed by atoms with E-state index in [1.165, 1.54) is 19.3 Å². The molecule has 82 valence electrons. The molecule has 0 radical (unpaired) electrons. The highest BCUT2D eigenvalue weighted by Crippen LogP contribution is 2.37. The summed E-state index contributed by atoms with van der Waals surface area (Å²) in [5.41, 5.74) is 0.0682. The van der Waals surface area contributed by atoms with E-state index in [1.54, 1.807) is 6.20 Å². The molecular weight excluding hydrogens is 186 g/mol. The highest BCUT2D eigenvalue weighted by atomic mass is 16.3. The third-order valence-corrected chi connectivity index (χ3v) is 3.58. The van der Waals surface area contributed by atoms with Gasteiger partial charge in [0, 0.05) is 6.20 Å². The van der Waals surface area contributed by atoms with E-state index in [2.05, 4.69) is 4.98 Å². The predicted molar refractivity (Wildman–Crippen MR) is 60.4 cm³/mol. The lowest BCUT2D eigenvalue weighted by atomic mass is 9.76. The van der Waals surface area contributed by atoms with Gasteiger partial charge < -0.3 is 5.11 Å². The standard InChI is InChI=1S/C13H19NO/c1-13(15,11-7-3-2-4-8-11)12-9-5-6-10-14-12/h5-6,9-11,15H,2-4,7-8H2,1H3. The van der Waals surface area contributed by atoms with Crippen molar-refractivity contribution in [3.63, 3.8) is 0 Å². The third kappa shape index (κ3) is 2.20. The van der Waals surface area contributed by atoms with Crippen molar-refractivity contribution in [1.29, 1.82) is 0 Å². The van der Waals surface area contributed by atoms with Crippen LogP contribution in [-0.2, 0) is 5.60 Å². The topological polar surface area (TPSA) is 33.1 Å². The fraction of sp³-hybridized carbons (Fsp3) is 0.615. The second-order valence-corrected chi connectivity index (χ2v) is 4.70. The molecule has 1 unspecified atom stereocenters. The normalized spacial score (nSPS) is 22.3. The van der Waals surface area contributed by atoms with Gasteiger partial charge in [-0.15, -0.1) is 0 Å². The van der Waals surface area contributed by atoms with Gasteiger partial charge in [-0.3, -0.25) is 4.98 Å². The summed E-state index contributed by atoms with van der Waals surface area (Å²) in [6.07, 6.45) is 7.82. The number of hydrogen-bond donors (Lipinski definition) is 1. The van der Waals surface area contributed by atoms with Crippen molar-refractivity contribution in [2.75, 3.05) is 0 Å². The van der Waals surface area contributed by atoms with E-state index in [-0.39, 0.29) is 0 Å². The Kier molecular flexibility index (Phi) is 3.06. The molecule has 2 nitrogen and oxygen atoms in total. The van der Waals surface area contributed by atoms with Crippen LogP contribution in [0.15, 0.2) is 24.4 Å². The van der Waals surface area contributed by atoms with E-state index in [0.717, 1.165) is 18.5 Å². The first-order valence-corrected chi connectivity index (χ1v) is 5.85. The molecule has 0 aromatic carbocycles. The van der Waals surface area contributed by atoms with E-state index in [4.69, 9.17) is 0 Å². The van der Waals surface area contributed by atoms with Gasteiger partial charge in [-0.05, 0) is 37.8 Å². The Morgan fingerprint density at radius 1 is 1.27 bits per heavy atom. The van der Waals surface area contributed by atoms with Crippen molar-refractivity contribution in [2.24, 2.45) is 5.92 Å². The molecule has 1 aliphatic carbocycles. The summed E-state index contributed by atoms with van der Waals surface area (Å²) in [6.45, 7) is 1.91. The van der Waals surface area contributed by atoms with Crippen molar-refractivity contribution in [3.05, 3.63) is 30.1 Å². The number of pyridine rings is 1. The molecule has 2 heteroatoms. The minimum Gasteiger partial charge on any atom is -0.384 e. The van der Waals surface area contributed by atoms with E-state index >= 15 is 0 Å². The van der Waals surface area contributed by atoms with Gasteiger partial charge in [0.15, 0.2) is 0 Å². The summed E-state index contributed by atoms with van der Waals surface area (Å²) >= 11 is 0. The second-order valence-electron chi connectivity index (χ2n) is 4.70. The monoisotopic (exact) mass is 205 g/mol. The molecule has 1 aromatic rings. The highest BCUT2D eigenvalue weighted by Gasteiger charge is 2.35. The quantitative estimate of drug-likeness (QED) is 0.805. The van der Waals surface area contributed by atoms with E-state index in [1.807, 2.05) is 25.1 Å². The number of aliphatic hydroxyl groups is 1. The van der Waals surface area contributed by atoms with Crippen molar-refractivity contribution in [3.8, 4) is 0 Å². The van der Waals surface area contributed by atoms with Crippen LogP contribution in [0.2, 0.25) is 0 Å². The smallest absolute Gasteiger partial charge is 0.106 e. The van der Waals surface area contributed by atoms with Gasteiger partial charge >= 0.3 is 0 Å². The zero-order chi connectivity index (χ0) is 10.7. The Hall–Kier alpha value is -0.890. The van der Waals surface area contributed by atoms with Crippen LogP contribution in [-0.4, -0.2) is 10.1 Å². The number of aromatic nitrogens is 1. The molecule has 2 rings (SSSR count). The molecule has 1 heterocycles. The summed E-state index contributed by atoms with van der Waals surface area (Å²) in [5.74, 6) is 0.376. The van der Waals surface area contributed by atoms with Gasteiger partial charge in [0.25, 0.3) is 0 Å². The predicted octanol–water partition coefficient (Wildman–Crippen LogP) is 2.87.